The van der Waals surface area contributed by atoms with Crippen LogP contribution < -0.4 is 10.5 Å². The molecule has 0 radical (unpaired) electrons. The first-order valence-electron chi connectivity index (χ1n) is 11.7. The standard InChI is InChI=1S/C25H30N2O9/c1-4-5-9-36-11-8-6-7-10-12(11)19(29)14-13(18(10)28)20(30)16-17(27(2)3)21(31)15(24(26)34)23(33)25(16,35)22(14)32/h6-8,13,16-18,20,28-30,33,35H,4-5,9H2,1-3H3,(H2,26,34)/t13-,16+,17-,18-,20-,25-/m0/s1. The number of rotatable bonds is 6. The highest BCUT2D eigenvalue weighted by atomic mass is 16.5. The summed E-state index contributed by atoms with van der Waals surface area (Å²) in [5.74, 6) is -8.49. The number of hydrogen-bond donors (Lipinski definition) is 6. The molecule has 3 aliphatic rings. The topological polar surface area (TPSA) is 191 Å². The van der Waals surface area contributed by atoms with Crippen LogP contribution in [0, 0.1) is 11.8 Å². The summed E-state index contributed by atoms with van der Waals surface area (Å²) in [4.78, 5) is 40.3. The summed E-state index contributed by atoms with van der Waals surface area (Å²) in [6, 6.07) is 3.20. The molecule has 0 aliphatic heterocycles. The van der Waals surface area contributed by atoms with Crippen LogP contribution in [0.15, 0.2) is 35.1 Å². The Labute approximate surface area is 207 Å². The first-order chi connectivity index (χ1) is 16.9. The van der Waals surface area contributed by atoms with Crippen molar-refractivity contribution in [1.29, 1.82) is 0 Å². The number of unbranched alkanes of at least 4 members (excludes halogenated alkanes) is 1. The van der Waals surface area contributed by atoms with Crippen LogP contribution in [0.3, 0.4) is 0 Å². The number of carbonyl (C=O) groups excluding carboxylic acids is 3. The van der Waals surface area contributed by atoms with Crippen LogP contribution in [-0.2, 0) is 14.4 Å². The minimum Gasteiger partial charge on any atom is -0.508 e. The Kier molecular flexibility index (Phi) is 6.46. The number of nitrogens with two attached hydrogens (primary N) is 1. The molecule has 0 unspecified atom stereocenters. The molecular formula is C25H30N2O9. The lowest BCUT2D eigenvalue weighted by molar-refractivity contribution is -0.174. The van der Waals surface area contributed by atoms with Gasteiger partial charge in [0, 0.05) is 11.5 Å². The van der Waals surface area contributed by atoms with Gasteiger partial charge < -0.3 is 36.0 Å². The zero-order valence-corrected chi connectivity index (χ0v) is 20.1. The molecule has 0 heterocycles. The Morgan fingerprint density at radius 3 is 2.44 bits per heavy atom. The van der Waals surface area contributed by atoms with Gasteiger partial charge in [0.25, 0.3) is 5.91 Å². The number of primary amides is 1. The smallest absolute Gasteiger partial charge is 0.255 e. The monoisotopic (exact) mass is 502 g/mol. The number of nitrogens with zero attached hydrogens (tertiary/aromatic N) is 1. The minimum atomic E-state index is -2.97. The van der Waals surface area contributed by atoms with Crippen LogP contribution in [-0.4, -0.2) is 86.4 Å². The third-order valence-corrected chi connectivity index (χ3v) is 7.36. The Balaban J connectivity index is 1.98. The predicted molar refractivity (Wildman–Crippen MR) is 126 cm³/mol. The molecule has 6 atom stereocenters. The number of benzene rings is 1. The van der Waals surface area contributed by atoms with Crippen molar-refractivity contribution in [1.82, 2.24) is 4.90 Å². The second-order valence-corrected chi connectivity index (χ2v) is 9.63. The maximum absolute atomic E-state index is 13.8. The fraction of sp³-hybridized carbons (Fsp3) is 0.480. The van der Waals surface area contributed by atoms with Gasteiger partial charge in [0.05, 0.1) is 36.3 Å². The molecule has 4 rings (SSSR count). The lowest BCUT2D eigenvalue weighted by atomic mass is 9.55. The molecule has 36 heavy (non-hydrogen) atoms. The van der Waals surface area contributed by atoms with Crippen molar-refractivity contribution in [3.05, 3.63) is 46.2 Å². The second-order valence-electron chi connectivity index (χ2n) is 9.63. The van der Waals surface area contributed by atoms with Gasteiger partial charge in [0.1, 0.15) is 22.8 Å². The highest BCUT2D eigenvalue weighted by molar-refractivity contribution is 6.24. The van der Waals surface area contributed by atoms with Gasteiger partial charge in [0.2, 0.25) is 5.78 Å². The third-order valence-electron chi connectivity index (χ3n) is 7.36. The maximum atomic E-state index is 13.8. The van der Waals surface area contributed by atoms with Crippen LogP contribution in [0.5, 0.6) is 5.75 Å². The van der Waals surface area contributed by atoms with Crippen molar-refractivity contribution in [2.75, 3.05) is 20.7 Å². The number of carbonyl (C=O) groups is 3. The van der Waals surface area contributed by atoms with Gasteiger partial charge in [-0.1, -0.05) is 25.5 Å². The van der Waals surface area contributed by atoms with E-state index in [0.29, 0.717) is 13.0 Å². The number of fused-ring (bicyclic) bond motifs is 3. The van der Waals surface area contributed by atoms with Gasteiger partial charge in [-0.3, -0.25) is 19.3 Å². The number of aliphatic hydroxyl groups is 5. The van der Waals surface area contributed by atoms with Gasteiger partial charge >= 0.3 is 0 Å². The van der Waals surface area contributed by atoms with Crippen molar-refractivity contribution < 1.29 is 44.7 Å². The normalized spacial score (nSPS) is 31.8. The van der Waals surface area contributed by atoms with Crippen molar-refractivity contribution in [3.8, 4) is 5.75 Å². The summed E-state index contributed by atoms with van der Waals surface area (Å²) in [5.41, 5.74) is 1.02. The average molecular weight is 503 g/mol. The summed E-state index contributed by atoms with van der Waals surface area (Å²) in [7, 11) is 2.85. The van der Waals surface area contributed by atoms with Crippen molar-refractivity contribution in [3.63, 3.8) is 0 Å². The Bertz CT molecular complexity index is 1200. The molecular weight excluding hydrogens is 472 g/mol. The first kappa shape index (κ1) is 25.8. The minimum absolute atomic E-state index is 0.0181. The quantitative estimate of drug-likeness (QED) is 0.226. The van der Waals surface area contributed by atoms with E-state index in [1.54, 1.807) is 12.1 Å². The number of amides is 1. The van der Waals surface area contributed by atoms with E-state index in [1.807, 2.05) is 6.92 Å². The number of hydrogen-bond acceptors (Lipinski definition) is 10. The molecule has 1 amide bonds. The lowest BCUT2D eigenvalue weighted by Gasteiger charge is -2.53. The fourth-order valence-electron chi connectivity index (χ4n) is 5.67. The van der Waals surface area contributed by atoms with E-state index in [1.165, 1.54) is 25.1 Å². The first-order valence-corrected chi connectivity index (χ1v) is 11.7. The molecule has 0 spiro atoms. The highest BCUT2D eigenvalue weighted by Crippen LogP contribution is 2.55. The maximum Gasteiger partial charge on any atom is 0.255 e. The molecule has 7 N–H and O–H groups in total. The molecule has 1 aromatic rings. The summed E-state index contributed by atoms with van der Waals surface area (Å²) in [6.45, 7) is 2.27. The molecule has 3 aliphatic carbocycles. The lowest BCUT2D eigenvalue weighted by Crippen LogP contribution is -2.70. The Morgan fingerprint density at radius 2 is 1.86 bits per heavy atom. The van der Waals surface area contributed by atoms with Gasteiger partial charge in [-0.15, -0.1) is 0 Å². The fourth-order valence-corrected chi connectivity index (χ4v) is 5.67. The number of ketones is 2. The summed E-state index contributed by atoms with van der Waals surface area (Å²) < 4.78 is 5.76. The van der Waals surface area contributed by atoms with Gasteiger partial charge in [0.15, 0.2) is 11.4 Å². The summed E-state index contributed by atoms with van der Waals surface area (Å²) in [5, 5.41) is 56.5. The molecule has 0 bridgehead atoms. The van der Waals surface area contributed by atoms with E-state index in [0.717, 1.165) is 6.42 Å². The van der Waals surface area contributed by atoms with Gasteiger partial charge in [-0.25, -0.2) is 0 Å². The molecule has 1 fully saturated rings. The van der Waals surface area contributed by atoms with Crippen LogP contribution in [0.4, 0.5) is 0 Å². The van der Waals surface area contributed by atoms with E-state index in [9.17, 15) is 39.9 Å². The van der Waals surface area contributed by atoms with E-state index in [-0.39, 0.29) is 16.9 Å². The second kappa shape index (κ2) is 9.00. The molecule has 11 nitrogen and oxygen atoms in total. The number of likely N-dealkylation sites (N-methyl/N-ethyl adjacent to an activating group) is 1. The van der Waals surface area contributed by atoms with Crippen molar-refractivity contribution in [2.24, 2.45) is 17.6 Å². The molecule has 194 valence electrons. The molecule has 1 saturated carbocycles. The Morgan fingerprint density at radius 1 is 1.19 bits per heavy atom. The summed E-state index contributed by atoms with van der Waals surface area (Å²) >= 11 is 0. The van der Waals surface area contributed by atoms with Crippen LogP contribution in [0.1, 0.15) is 37.0 Å². The molecule has 0 saturated heterocycles. The number of Topliss-reactive ketones (excluding diaryl/α,β-unsaturated/α-hetero) is 2. The summed E-state index contributed by atoms with van der Waals surface area (Å²) in [6.07, 6.45) is -1.78. The number of ether oxygens (including phenoxy) is 1. The van der Waals surface area contributed by atoms with Crippen molar-refractivity contribution in [2.45, 2.75) is 43.6 Å². The van der Waals surface area contributed by atoms with Gasteiger partial charge in [-0.2, -0.15) is 0 Å². The molecule has 11 heteroatoms. The van der Waals surface area contributed by atoms with E-state index in [4.69, 9.17) is 10.5 Å². The van der Waals surface area contributed by atoms with E-state index < -0.39 is 75.8 Å². The molecule has 0 aromatic heterocycles. The zero-order valence-electron chi connectivity index (χ0n) is 20.1. The average Bonchev–Trinajstić information content (AvgIpc) is 2.81. The molecule has 1 aromatic carbocycles. The Hall–Kier alpha value is -3.25. The number of aliphatic hydroxyl groups excluding tert-OH is 4. The van der Waals surface area contributed by atoms with Crippen LogP contribution >= 0.6 is 0 Å². The van der Waals surface area contributed by atoms with Crippen LogP contribution in [0.2, 0.25) is 0 Å². The third kappa shape index (κ3) is 3.38. The zero-order chi connectivity index (χ0) is 26.7. The SMILES string of the molecule is CCCCOc1cccc2c1C(O)=C1C(=O)[C@]3(O)C(O)=C(C(N)=O)C(=O)[C@@H](N(C)C)[C@@H]3[C@@H](O)[C@@H]1[C@H]2O. The highest BCUT2D eigenvalue weighted by Gasteiger charge is 2.68. The van der Waals surface area contributed by atoms with E-state index in [2.05, 4.69) is 0 Å². The largest absolute Gasteiger partial charge is 0.508 e. The van der Waals surface area contributed by atoms with Gasteiger partial charge in [-0.05, 0) is 32.1 Å². The van der Waals surface area contributed by atoms with Crippen molar-refractivity contribution >= 4 is 23.2 Å². The van der Waals surface area contributed by atoms with E-state index >= 15 is 0 Å². The van der Waals surface area contributed by atoms with Crippen LogP contribution in [0.25, 0.3) is 5.76 Å². The predicted octanol–water partition coefficient (Wildman–Crippen LogP) is -0.101.